The van der Waals surface area contributed by atoms with Gasteiger partial charge >= 0.3 is 0 Å². The van der Waals surface area contributed by atoms with Gasteiger partial charge in [-0.05, 0) is 62.5 Å². The molecule has 0 bridgehead atoms. The topological polar surface area (TPSA) is 33.3 Å². The normalized spacial score (nSPS) is 9.90. The van der Waals surface area contributed by atoms with Crippen LogP contribution in [0.15, 0.2) is 48.5 Å². The number of benzene rings is 2. The molecule has 0 aliphatic heterocycles. The number of nitrogens with one attached hydrogen (secondary N) is 2. The highest BCUT2D eigenvalue weighted by Gasteiger charge is 1.99. The van der Waals surface area contributed by atoms with Gasteiger partial charge in [-0.25, -0.2) is 0 Å². The maximum atomic E-state index is 5.40. The second-order valence-electron chi connectivity index (χ2n) is 4.40. The van der Waals surface area contributed by atoms with Crippen LogP contribution in [0.3, 0.4) is 0 Å². The summed E-state index contributed by atoms with van der Waals surface area (Å²) in [4.78, 5) is 0. The van der Waals surface area contributed by atoms with Crippen LogP contribution in [-0.4, -0.2) is 11.7 Å². The van der Waals surface area contributed by atoms with E-state index in [1.165, 1.54) is 5.56 Å². The molecule has 0 aromatic heterocycles. The first-order chi connectivity index (χ1) is 9.67. The summed E-state index contributed by atoms with van der Waals surface area (Å²) in [6.07, 6.45) is 0. The molecule has 3 nitrogen and oxygen atoms in total. The molecule has 0 atom stereocenters. The van der Waals surface area contributed by atoms with E-state index in [0.717, 1.165) is 17.1 Å². The number of ether oxygens (including phenoxy) is 1. The zero-order valence-electron chi connectivity index (χ0n) is 11.6. The molecule has 0 saturated heterocycles. The maximum absolute atomic E-state index is 5.40. The fourth-order valence-corrected chi connectivity index (χ4v) is 1.97. The molecule has 0 heterocycles. The van der Waals surface area contributed by atoms with Gasteiger partial charge in [0.25, 0.3) is 0 Å². The zero-order chi connectivity index (χ0) is 14.4. The predicted octanol–water partition coefficient (Wildman–Crippen LogP) is 4.20. The van der Waals surface area contributed by atoms with E-state index in [-0.39, 0.29) is 0 Å². The number of anilines is 2. The number of hydrogen-bond donors (Lipinski definition) is 2. The van der Waals surface area contributed by atoms with Crippen molar-refractivity contribution in [3.8, 4) is 5.75 Å². The summed E-state index contributed by atoms with van der Waals surface area (Å²) in [5.41, 5.74) is 3.12. The van der Waals surface area contributed by atoms with Crippen LogP contribution in [0.1, 0.15) is 12.5 Å². The molecule has 2 aromatic carbocycles. The molecule has 20 heavy (non-hydrogen) atoms. The minimum atomic E-state index is 0.568. The van der Waals surface area contributed by atoms with Crippen molar-refractivity contribution in [3.05, 3.63) is 54.1 Å². The Morgan fingerprint density at radius 3 is 1.95 bits per heavy atom. The second-order valence-corrected chi connectivity index (χ2v) is 4.81. The molecule has 0 aliphatic rings. The molecule has 104 valence electrons. The Hall–Kier alpha value is -2.07. The van der Waals surface area contributed by atoms with Gasteiger partial charge in [0.1, 0.15) is 5.75 Å². The lowest BCUT2D eigenvalue weighted by Gasteiger charge is -2.11. The minimum Gasteiger partial charge on any atom is -0.494 e. The van der Waals surface area contributed by atoms with Gasteiger partial charge in [0.2, 0.25) is 0 Å². The van der Waals surface area contributed by atoms with E-state index in [9.17, 15) is 0 Å². The molecule has 4 heteroatoms. The molecule has 2 N–H and O–H groups in total. The Morgan fingerprint density at radius 2 is 1.45 bits per heavy atom. The van der Waals surface area contributed by atoms with Crippen LogP contribution in [0, 0.1) is 6.92 Å². The summed E-state index contributed by atoms with van der Waals surface area (Å²) >= 11 is 5.28. The first-order valence-corrected chi connectivity index (χ1v) is 6.96. The van der Waals surface area contributed by atoms with Crippen molar-refractivity contribution in [2.45, 2.75) is 13.8 Å². The van der Waals surface area contributed by atoms with Crippen LogP contribution in [0.4, 0.5) is 11.4 Å². The van der Waals surface area contributed by atoms with Crippen molar-refractivity contribution in [1.82, 2.24) is 0 Å². The van der Waals surface area contributed by atoms with Gasteiger partial charge in [0, 0.05) is 11.4 Å². The van der Waals surface area contributed by atoms with Crippen molar-refractivity contribution >= 4 is 28.7 Å². The van der Waals surface area contributed by atoms with Crippen molar-refractivity contribution in [2.24, 2.45) is 0 Å². The molecule has 0 spiro atoms. The summed E-state index contributed by atoms with van der Waals surface area (Å²) < 4.78 is 5.40. The number of hydrogen-bond acceptors (Lipinski definition) is 2. The van der Waals surface area contributed by atoms with Crippen molar-refractivity contribution in [3.63, 3.8) is 0 Å². The largest absolute Gasteiger partial charge is 0.494 e. The van der Waals surface area contributed by atoms with E-state index in [1.54, 1.807) is 0 Å². The van der Waals surface area contributed by atoms with E-state index < -0.39 is 0 Å². The van der Waals surface area contributed by atoms with Gasteiger partial charge in [-0.15, -0.1) is 0 Å². The van der Waals surface area contributed by atoms with Crippen LogP contribution in [0.25, 0.3) is 0 Å². The smallest absolute Gasteiger partial charge is 0.175 e. The molecule has 0 amide bonds. The van der Waals surface area contributed by atoms with Crippen LogP contribution < -0.4 is 15.4 Å². The Kier molecular flexibility index (Phi) is 4.96. The molecular formula is C16H18N2OS. The molecule has 2 rings (SSSR count). The first kappa shape index (κ1) is 14.3. The average molecular weight is 286 g/mol. The number of rotatable bonds is 4. The molecule has 0 aliphatic carbocycles. The highest BCUT2D eigenvalue weighted by Crippen LogP contribution is 2.16. The van der Waals surface area contributed by atoms with Crippen molar-refractivity contribution < 1.29 is 4.74 Å². The molecular weight excluding hydrogens is 268 g/mol. The molecule has 2 aromatic rings. The van der Waals surface area contributed by atoms with Gasteiger partial charge in [0.05, 0.1) is 6.61 Å². The molecule has 0 saturated carbocycles. The van der Waals surface area contributed by atoms with Crippen LogP contribution in [0.2, 0.25) is 0 Å². The van der Waals surface area contributed by atoms with Gasteiger partial charge < -0.3 is 15.4 Å². The summed E-state index contributed by atoms with van der Waals surface area (Å²) in [7, 11) is 0. The standard InChI is InChI=1S/C16H18N2OS/c1-3-19-15-10-8-14(9-11-15)18-16(20)17-13-6-4-12(2)5-7-13/h4-11H,3H2,1-2H3,(H2,17,18,20). The third-order valence-electron chi connectivity index (χ3n) is 2.73. The Morgan fingerprint density at radius 1 is 0.950 bits per heavy atom. The SMILES string of the molecule is CCOc1ccc(NC(=S)Nc2ccc(C)cc2)cc1. The zero-order valence-corrected chi connectivity index (χ0v) is 12.5. The highest BCUT2D eigenvalue weighted by atomic mass is 32.1. The van der Waals surface area contributed by atoms with Gasteiger partial charge in [-0.2, -0.15) is 0 Å². The third kappa shape index (κ3) is 4.24. The Bertz CT molecular complexity index is 564. The first-order valence-electron chi connectivity index (χ1n) is 6.55. The summed E-state index contributed by atoms with van der Waals surface area (Å²) in [5.74, 6) is 0.857. The highest BCUT2D eigenvalue weighted by molar-refractivity contribution is 7.80. The van der Waals surface area contributed by atoms with Crippen molar-refractivity contribution in [2.75, 3.05) is 17.2 Å². The fourth-order valence-electron chi connectivity index (χ4n) is 1.73. The predicted molar refractivity (Wildman–Crippen MR) is 88.6 cm³/mol. The van der Waals surface area contributed by atoms with Gasteiger partial charge in [0.15, 0.2) is 5.11 Å². The average Bonchev–Trinajstić information content (AvgIpc) is 2.44. The van der Waals surface area contributed by atoms with Gasteiger partial charge in [-0.1, -0.05) is 17.7 Å². The lowest BCUT2D eigenvalue weighted by atomic mass is 10.2. The van der Waals surface area contributed by atoms with E-state index in [1.807, 2.05) is 55.5 Å². The number of thiocarbonyl (C=S) groups is 1. The third-order valence-corrected chi connectivity index (χ3v) is 2.94. The van der Waals surface area contributed by atoms with Gasteiger partial charge in [-0.3, -0.25) is 0 Å². The Balaban J connectivity index is 1.92. The molecule has 0 radical (unpaired) electrons. The van der Waals surface area contributed by atoms with E-state index in [4.69, 9.17) is 17.0 Å². The summed E-state index contributed by atoms with van der Waals surface area (Å²) in [5, 5.41) is 6.85. The van der Waals surface area contributed by atoms with E-state index in [2.05, 4.69) is 17.6 Å². The summed E-state index contributed by atoms with van der Waals surface area (Å²) in [6.45, 7) is 4.69. The lowest BCUT2D eigenvalue weighted by molar-refractivity contribution is 0.340. The monoisotopic (exact) mass is 286 g/mol. The Labute approximate surface area is 125 Å². The van der Waals surface area contributed by atoms with Crippen LogP contribution >= 0.6 is 12.2 Å². The van der Waals surface area contributed by atoms with Crippen molar-refractivity contribution in [1.29, 1.82) is 0 Å². The lowest BCUT2D eigenvalue weighted by Crippen LogP contribution is -2.18. The molecule has 0 fully saturated rings. The van der Waals surface area contributed by atoms with Crippen LogP contribution in [-0.2, 0) is 0 Å². The molecule has 0 unspecified atom stereocenters. The minimum absolute atomic E-state index is 0.568. The van der Waals surface area contributed by atoms with Crippen LogP contribution in [0.5, 0.6) is 5.75 Å². The second kappa shape index (κ2) is 6.91. The summed E-state index contributed by atoms with van der Waals surface area (Å²) in [6, 6.07) is 15.8. The fraction of sp³-hybridized carbons (Fsp3) is 0.188. The maximum Gasteiger partial charge on any atom is 0.175 e. The van der Waals surface area contributed by atoms with E-state index >= 15 is 0 Å². The van der Waals surface area contributed by atoms with E-state index in [0.29, 0.717) is 11.7 Å². The quantitative estimate of drug-likeness (QED) is 0.825. The number of aryl methyl sites for hydroxylation is 1.